The third kappa shape index (κ3) is 2.94. The molecule has 0 saturated heterocycles. The van der Waals surface area contributed by atoms with Crippen LogP contribution in [-0.4, -0.2) is 10.5 Å². The van der Waals surface area contributed by atoms with E-state index in [0.717, 1.165) is 28.6 Å². The molecule has 0 aliphatic heterocycles. The summed E-state index contributed by atoms with van der Waals surface area (Å²) >= 11 is 0. The SMILES string of the molecule is C=C/C=c1/c2c(c3ccc(-n4c(C=C)c(C=C)c5ccccc54)cc3/c1=C/C)C(F)(F)C(F)(F)C2(F)F. The van der Waals surface area contributed by atoms with Gasteiger partial charge in [-0.25, -0.2) is 0 Å². The Morgan fingerprint density at radius 3 is 2.05 bits per heavy atom. The van der Waals surface area contributed by atoms with Crippen molar-refractivity contribution in [2.24, 2.45) is 0 Å². The molecule has 0 radical (unpaired) electrons. The predicted molar refractivity (Wildman–Crippen MR) is 138 cm³/mol. The van der Waals surface area contributed by atoms with Crippen LogP contribution in [0.2, 0.25) is 0 Å². The summed E-state index contributed by atoms with van der Waals surface area (Å²) in [5, 5.41) is 0.356. The Labute approximate surface area is 208 Å². The molecule has 0 saturated carbocycles. The zero-order valence-electron chi connectivity index (χ0n) is 19.8. The topological polar surface area (TPSA) is 4.93 Å². The van der Waals surface area contributed by atoms with Gasteiger partial charge in [0.2, 0.25) is 0 Å². The molecule has 37 heavy (non-hydrogen) atoms. The van der Waals surface area contributed by atoms with Gasteiger partial charge in [0.1, 0.15) is 0 Å². The van der Waals surface area contributed by atoms with E-state index in [-0.39, 0.29) is 16.0 Å². The normalized spacial score (nSPS) is 18.4. The zero-order chi connectivity index (χ0) is 26.9. The Balaban J connectivity index is 2.00. The van der Waals surface area contributed by atoms with Gasteiger partial charge < -0.3 is 4.57 Å². The first kappa shape index (κ1) is 24.7. The van der Waals surface area contributed by atoms with E-state index in [0.29, 0.717) is 11.4 Å². The fourth-order valence-electron chi connectivity index (χ4n) is 5.41. The van der Waals surface area contributed by atoms with E-state index in [1.807, 2.05) is 28.8 Å². The maximum atomic E-state index is 15.1. The third-order valence-corrected chi connectivity index (χ3v) is 6.97. The van der Waals surface area contributed by atoms with Crippen LogP contribution in [0.3, 0.4) is 0 Å². The Morgan fingerprint density at radius 2 is 1.43 bits per heavy atom. The molecular weight excluding hydrogens is 488 g/mol. The first-order valence-corrected chi connectivity index (χ1v) is 11.4. The van der Waals surface area contributed by atoms with E-state index in [1.54, 1.807) is 18.2 Å². The second kappa shape index (κ2) is 8.00. The summed E-state index contributed by atoms with van der Waals surface area (Å²) in [6, 6.07) is 11.7. The van der Waals surface area contributed by atoms with Crippen molar-refractivity contribution in [2.45, 2.75) is 24.7 Å². The molecule has 7 heteroatoms. The highest BCUT2D eigenvalue weighted by Crippen LogP contribution is 2.63. The molecule has 0 N–H and O–H groups in total. The van der Waals surface area contributed by atoms with Crippen LogP contribution in [0.5, 0.6) is 0 Å². The molecule has 0 atom stereocenters. The van der Waals surface area contributed by atoms with Crippen LogP contribution >= 0.6 is 0 Å². The fourth-order valence-corrected chi connectivity index (χ4v) is 5.41. The lowest BCUT2D eigenvalue weighted by Gasteiger charge is -2.23. The second-order valence-electron chi connectivity index (χ2n) is 8.78. The number of nitrogens with zero attached hydrogens (tertiary/aromatic N) is 1. The summed E-state index contributed by atoms with van der Waals surface area (Å²) in [6.07, 6.45) is 6.94. The Hall–Kier alpha value is -4.00. The van der Waals surface area contributed by atoms with Crippen molar-refractivity contribution in [1.82, 2.24) is 4.57 Å². The molecule has 1 aromatic heterocycles. The predicted octanol–water partition coefficient (Wildman–Crippen LogP) is 7.67. The van der Waals surface area contributed by atoms with E-state index in [9.17, 15) is 17.6 Å². The van der Waals surface area contributed by atoms with Crippen LogP contribution in [0, 0.1) is 0 Å². The van der Waals surface area contributed by atoms with E-state index < -0.39 is 34.1 Å². The van der Waals surface area contributed by atoms with Gasteiger partial charge in [-0.1, -0.05) is 68.3 Å². The van der Waals surface area contributed by atoms with Crippen LogP contribution in [0.15, 0.2) is 68.3 Å². The number of alkyl halides is 6. The Morgan fingerprint density at radius 1 is 0.757 bits per heavy atom. The van der Waals surface area contributed by atoms with Gasteiger partial charge in [0.25, 0.3) is 0 Å². The van der Waals surface area contributed by atoms with Crippen LogP contribution in [-0.2, 0) is 11.8 Å². The van der Waals surface area contributed by atoms with Crippen LogP contribution in [0.25, 0.3) is 51.7 Å². The zero-order valence-corrected chi connectivity index (χ0v) is 19.8. The molecule has 0 bridgehead atoms. The highest BCUT2D eigenvalue weighted by Gasteiger charge is 2.79. The van der Waals surface area contributed by atoms with Gasteiger partial charge in [0, 0.05) is 27.8 Å². The van der Waals surface area contributed by atoms with Gasteiger partial charge in [-0.15, -0.1) is 0 Å². The number of benzene rings is 3. The largest absolute Gasteiger partial charge is 0.380 e. The minimum Gasteiger partial charge on any atom is -0.309 e. The maximum absolute atomic E-state index is 15.1. The van der Waals surface area contributed by atoms with Crippen LogP contribution < -0.4 is 10.4 Å². The van der Waals surface area contributed by atoms with Crippen molar-refractivity contribution < 1.29 is 26.3 Å². The first-order valence-electron chi connectivity index (χ1n) is 11.4. The standard InChI is InChI=1S/C30H21F6N/c1-5-11-21-18(6-2)23-16-17(37-24(8-4)19(7-3)20-12-9-10-13-25(20)37)14-15-22(23)27-26(21)28(31,32)30(35,36)29(27,33)34/h5-16H,1,3-4H2,2H3/b18-6+,21-11+. The number of allylic oxidation sites excluding steroid dienone is 1. The molecule has 0 unspecified atom stereocenters. The summed E-state index contributed by atoms with van der Waals surface area (Å²) in [5.41, 5.74) is 0.0300. The molecule has 0 fully saturated rings. The third-order valence-electron chi connectivity index (χ3n) is 6.97. The van der Waals surface area contributed by atoms with Gasteiger partial charge in [0.05, 0.1) is 11.2 Å². The van der Waals surface area contributed by atoms with E-state index in [4.69, 9.17) is 0 Å². The Bertz CT molecular complexity index is 1770. The molecular formula is C30H21F6N. The number of rotatable bonds is 4. The maximum Gasteiger partial charge on any atom is 0.380 e. The smallest absolute Gasteiger partial charge is 0.309 e. The second-order valence-corrected chi connectivity index (χ2v) is 8.78. The number of hydrogen-bond donors (Lipinski definition) is 0. The van der Waals surface area contributed by atoms with Crippen molar-refractivity contribution >= 4 is 46.0 Å². The summed E-state index contributed by atoms with van der Waals surface area (Å²) in [5.74, 6) is -15.8. The van der Waals surface area contributed by atoms with Gasteiger partial charge in [-0.3, -0.25) is 0 Å². The minimum atomic E-state index is -5.60. The van der Waals surface area contributed by atoms with E-state index in [1.165, 1.54) is 25.1 Å². The number of halogens is 6. The quantitative estimate of drug-likeness (QED) is 0.249. The summed E-state index contributed by atoms with van der Waals surface area (Å²) in [7, 11) is 0. The summed E-state index contributed by atoms with van der Waals surface area (Å²) in [4.78, 5) is 0. The average molecular weight is 509 g/mol. The first-order chi connectivity index (χ1) is 17.5. The van der Waals surface area contributed by atoms with Crippen LogP contribution in [0.1, 0.15) is 29.3 Å². The molecule has 1 aliphatic rings. The molecule has 3 aromatic carbocycles. The lowest BCUT2D eigenvalue weighted by Crippen LogP contribution is -2.45. The van der Waals surface area contributed by atoms with Crippen molar-refractivity contribution in [1.29, 1.82) is 0 Å². The van der Waals surface area contributed by atoms with Gasteiger partial charge in [-0.05, 0) is 52.4 Å². The molecule has 1 aliphatic carbocycles. The fraction of sp³-hybridized carbons (Fsp3) is 0.133. The Kier molecular flexibility index (Phi) is 5.34. The molecule has 4 aromatic rings. The molecule has 1 nitrogen and oxygen atoms in total. The highest BCUT2D eigenvalue weighted by atomic mass is 19.3. The number of para-hydroxylation sites is 1. The molecule has 188 valence electrons. The monoisotopic (exact) mass is 509 g/mol. The van der Waals surface area contributed by atoms with E-state index >= 15 is 8.78 Å². The summed E-state index contributed by atoms with van der Waals surface area (Å²) in [6.45, 7) is 12.8. The molecule has 1 heterocycles. The lowest BCUT2D eigenvalue weighted by molar-refractivity contribution is -0.302. The minimum absolute atomic E-state index is 0.129. The summed E-state index contributed by atoms with van der Waals surface area (Å²) < 4.78 is 91.1. The molecule has 0 amide bonds. The van der Waals surface area contributed by atoms with Crippen molar-refractivity contribution in [3.63, 3.8) is 0 Å². The highest BCUT2D eigenvalue weighted by molar-refractivity contribution is 5.97. The van der Waals surface area contributed by atoms with E-state index in [2.05, 4.69) is 19.7 Å². The number of fused-ring (bicyclic) bond motifs is 4. The van der Waals surface area contributed by atoms with Crippen molar-refractivity contribution in [3.05, 3.63) is 101 Å². The van der Waals surface area contributed by atoms with Gasteiger partial charge in [-0.2, -0.15) is 26.3 Å². The van der Waals surface area contributed by atoms with Crippen molar-refractivity contribution in [2.75, 3.05) is 0 Å². The lowest BCUT2D eigenvalue weighted by atomic mass is 9.93. The van der Waals surface area contributed by atoms with Crippen LogP contribution in [0.4, 0.5) is 26.3 Å². The molecule has 0 spiro atoms. The molecule has 5 rings (SSSR count). The number of hydrogen-bond acceptors (Lipinski definition) is 0. The van der Waals surface area contributed by atoms with Gasteiger partial charge >= 0.3 is 17.8 Å². The van der Waals surface area contributed by atoms with Crippen molar-refractivity contribution in [3.8, 4) is 5.69 Å². The average Bonchev–Trinajstić information content (AvgIpc) is 3.25. The van der Waals surface area contributed by atoms with Gasteiger partial charge in [0.15, 0.2) is 0 Å². The number of aromatic nitrogens is 1.